The average molecular weight is 354 g/mol. The molecule has 25 heavy (non-hydrogen) atoms. The quantitative estimate of drug-likeness (QED) is 0.409. The van der Waals surface area contributed by atoms with E-state index in [1.165, 1.54) is 7.11 Å². The minimum atomic E-state index is -1.83. The van der Waals surface area contributed by atoms with E-state index in [1.54, 1.807) is 13.0 Å². The van der Waals surface area contributed by atoms with Crippen molar-refractivity contribution < 1.29 is 33.4 Å². The molecule has 0 saturated carbocycles. The fraction of sp³-hybridized carbons (Fsp3) is 0.667. The van der Waals surface area contributed by atoms with Gasteiger partial charge in [-0.2, -0.15) is 0 Å². The van der Waals surface area contributed by atoms with Gasteiger partial charge in [0.1, 0.15) is 0 Å². The van der Waals surface area contributed by atoms with E-state index in [0.717, 1.165) is 20.0 Å². The molecule has 7 nitrogen and oxygen atoms in total. The second kappa shape index (κ2) is 9.96. The first-order chi connectivity index (χ1) is 11.9. The summed E-state index contributed by atoms with van der Waals surface area (Å²) in [5.74, 6) is -2.57. The normalized spacial score (nSPS) is 21.2. The number of hydrogen-bond donors (Lipinski definition) is 0. The van der Waals surface area contributed by atoms with Crippen LogP contribution in [0.5, 0.6) is 0 Å². The Morgan fingerprint density at radius 1 is 1.12 bits per heavy atom. The number of ether oxygens (including phenoxy) is 3. The Labute approximate surface area is 147 Å². The number of carbonyl (C=O) groups is 4. The van der Waals surface area contributed by atoms with Crippen LogP contribution in [0.15, 0.2) is 11.6 Å². The van der Waals surface area contributed by atoms with Crippen LogP contribution in [0, 0.1) is 5.41 Å². The summed E-state index contributed by atoms with van der Waals surface area (Å²) in [7, 11) is 2.34. The highest BCUT2D eigenvalue weighted by atomic mass is 16.5. The van der Waals surface area contributed by atoms with E-state index in [-0.39, 0.29) is 31.4 Å². The number of esters is 3. The lowest BCUT2D eigenvalue weighted by atomic mass is 9.71. The number of methoxy groups -OCH3 is 2. The summed E-state index contributed by atoms with van der Waals surface area (Å²) < 4.78 is 14.5. The average Bonchev–Trinajstić information content (AvgIpc) is 2.68. The zero-order chi connectivity index (χ0) is 18.9. The molecule has 140 valence electrons. The Balaban J connectivity index is 3.39. The maximum atomic E-state index is 12.9. The highest BCUT2D eigenvalue weighted by molar-refractivity contribution is 6.14. The molecule has 0 N–H and O–H groups in total. The minimum absolute atomic E-state index is 0.0435. The summed E-state index contributed by atoms with van der Waals surface area (Å²) in [4.78, 5) is 49.7. The molecule has 0 unspecified atom stereocenters. The van der Waals surface area contributed by atoms with Crippen molar-refractivity contribution in [1.82, 2.24) is 0 Å². The molecule has 1 atom stereocenters. The van der Waals surface area contributed by atoms with Crippen LogP contribution in [0.2, 0.25) is 0 Å². The third-order valence-electron chi connectivity index (χ3n) is 4.34. The molecule has 0 spiro atoms. The van der Waals surface area contributed by atoms with Crippen LogP contribution in [0.4, 0.5) is 0 Å². The minimum Gasteiger partial charge on any atom is -0.468 e. The van der Waals surface area contributed by atoms with Crippen molar-refractivity contribution in [3.05, 3.63) is 11.6 Å². The molecule has 0 aliphatic heterocycles. The smallest absolute Gasteiger partial charge is 0.335 e. The monoisotopic (exact) mass is 354 g/mol. The number of ketones is 1. The van der Waals surface area contributed by atoms with Crippen molar-refractivity contribution in [3.63, 3.8) is 0 Å². The predicted molar refractivity (Wildman–Crippen MR) is 88.5 cm³/mol. The summed E-state index contributed by atoms with van der Waals surface area (Å²) in [6.45, 7) is 1.86. The number of Topliss-reactive ketones (excluding diaryl/α,β-unsaturated/α-hetero) is 1. The molecule has 0 bridgehead atoms. The van der Waals surface area contributed by atoms with E-state index >= 15 is 0 Å². The van der Waals surface area contributed by atoms with Gasteiger partial charge in [-0.05, 0) is 32.6 Å². The number of rotatable bonds is 6. The molecule has 0 aromatic heterocycles. The van der Waals surface area contributed by atoms with Crippen molar-refractivity contribution in [2.75, 3.05) is 20.8 Å². The molecule has 0 aromatic carbocycles. The van der Waals surface area contributed by atoms with Gasteiger partial charge in [-0.15, -0.1) is 0 Å². The van der Waals surface area contributed by atoms with Crippen molar-refractivity contribution in [2.24, 2.45) is 5.41 Å². The molecule has 0 saturated heterocycles. The number of carbonyl (C=O) groups excluding carboxylic acids is 4. The lowest BCUT2D eigenvalue weighted by Crippen LogP contribution is -2.45. The molecule has 1 aliphatic carbocycles. The van der Waals surface area contributed by atoms with E-state index in [1.807, 2.05) is 0 Å². The summed E-state index contributed by atoms with van der Waals surface area (Å²) in [5, 5.41) is 0. The van der Waals surface area contributed by atoms with Crippen LogP contribution in [0.25, 0.3) is 0 Å². The van der Waals surface area contributed by atoms with Gasteiger partial charge >= 0.3 is 17.9 Å². The maximum absolute atomic E-state index is 12.9. The topological polar surface area (TPSA) is 96.0 Å². The van der Waals surface area contributed by atoms with Gasteiger partial charge < -0.3 is 14.2 Å². The van der Waals surface area contributed by atoms with E-state index in [4.69, 9.17) is 14.2 Å². The first-order valence-corrected chi connectivity index (χ1v) is 8.50. The summed E-state index contributed by atoms with van der Waals surface area (Å²) in [6, 6.07) is 0. The van der Waals surface area contributed by atoms with Gasteiger partial charge in [0.25, 0.3) is 0 Å². The largest absolute Gasteiger partial charge is 0.468 e. The van der Waals surface area contributed by atoms with Gasteiger partial charge in [0.15, 0.2) is 11.2 Å². The predicted octanol–water partition coefficient (Wildman–Crippen LogP) is 2.12. The van der Waals surface area contributed by atoms with Crippen molar-refractivity contribution in [2.45, 2.75) is 51.9 Å². The molecule has 0 amide bonds. The molecular weight excluding hydrogens is 328 g/mol. The zero-order valence-electron chi connectivity index (χ0n) is 15.1. The second-order valence-corrected chi connectivity index (χ2v) is 5.83. The fourth-order valence-corrected chi connectivity index (χ4v) is 3.06. The Kier molecular flexibility index (Phi) is 8.31. The van der Waals surface area contributed by atoms with Gasteiger partial charge in [0.2, 0.25) is 0 Å². The highest BCUT2D eigenvalue weighted by Crippen LogP contribution is 2.39. The van der Waals surface area contributed by atoms with Crippen LogP contribution in [0.1, 0.15) is 51.9 Å². The lowest BCUT2D eigenvalue weighted by Gasteiger charge is -2.30. The SMILES string of the molecule is CCOC(=O)CC[C@]1(C(=O)OC)C(=O)CCCCCC=C1C(=O)OC. The third-order valence-corrected chi connectivity index (χ3v) is 4.34. The van der Waals surface area contributed by atoms with Crippen LogP contribution in [-0.4, -0.2) is 44.5 Å². The van der Waals surface area contributed by atoms with Crippen LogP contribution in [-0.2, 0) is 33.4 Å². The molecule has 1 rings (SSSR count). The first-order valence-electron chi connectivity index (χ1n) is 8.50. The fourth-order valence-electron chi connectivity index (χ4n) is 3.06. The Morgan fingerprint density at radius 3 is 2.44 bits per heavy atom. The Hall–Kier alpha value is -2.18. The second-order valence-electron chi connectivity index (χ2n) is 5.83. The molecule has 0 radical (unpaired) electrons. The molecule has 7 heteroatoms. The standard InChI is InChI=1S/C18H26O7/c1-4-25-15(20)11-12-18(17(22)24-3)13(16(21)23-2)9-7-5-6-8-10-14(18)19/h9H,4-8,10-12H2,1-3H3/t18-/m1/s1. The molecule has 0 aromatic rings. The van der Waals surface area contributed by atoms with Gasteiger partial charge in [-0.25, -0.2) is 4.79 Å². The Bertz CT molecular complexity index is 550. The van der Waals surface area contributed by atoms with Gasteiger partial charge in [0.05, 0.1) is 26.4 Å². The first kappa shape index (κ1) is 20.9. The zero-order valence-corrected chi connectivity index (χ0v) is 15.1. The van der Waals surface area contributed by atoms with Crippen molar-refractivity contribution in [3.8, 4) is 0 Å². The molecule has 1 aliphatic rings. The lowest BCUT2D eigenvalue weighted by molar-refractivity contribution is -0.160. The summed E-state index contributed by atoms with van der Waals surface area (Å²) in [6.07, 6.45) is 4.09. The van der Waals surface area contributed by atoms with Crippen LogP contribution >= 0.6 is 0 Å². The van der Waals surface area contributed by atoms with Gasteiger partial charge in [-0.3, -0.25) is 14.4 Å². The van der Waals surface area contributed by atoms with Crippen LogP contribution in [0.3, 0.4) is 0 Å². The van der Waals surface area contributed by atoms with Gasteiger partial charge in [-0.1, -0.05) is 12.5 Å². The number of allylic oxidation sites excluding steroid dienone is 1. The molecule has 0 heterocycles. The van der Waals surface area contributed by atoms with E-state index in [0.29, 0.717) is 12.8 Å². The van der Waals surface area contributed by atoms with E-state index < -0.39 is 29.1 Å². The summed E-state index contributed by atoms with van der Waals surface area (Å²) >= 11 is 0. The van der Waals surface area contributed by atoms with E-state index in [2.05, 4.69) is 0 Å². The van der Waals surface area contributed by atoms with Crippen molar-refractivity contribution in [1.29, 1.82) is 0 Å². The van der Waals surface area contributed by atoms with Gasteiger partial charge in [0, 0.05) is 12.8 Å². The van der Waals surface area contributed by atoms with Crippen molar-refractivity contribution >= 4 is 23.7 Å². The summed E-state index contributed by atoms with van der Waals surface area (Å²) in [5.41, 5.74) is -1.88. The van der Waals surface area contributed by atoms with Crippen LogP contribution < -0.4 is 0 Å². The Morgan fingerprint density at radius 2 is 1.84 bits per heavy atom. The number of hydrogen-bond acceptors (Lipinski definition) is 7. The molecular formula is C18H26O7. The highest BCUT2D eigenvalue weighted by Gasteiger charge is 2.52. The molecule has 0 fully saturated rings. The third kappa shape index (κ3) is 4.90. The van der Waals surface area contributed by atoms with E-state index in [9.17, 15) is 19.2 Å². The maximum Gasteiger partial charge on any atom is 0.335 e.